The maximum absolute atomic E-state index is 12.5. The normalized spacial score (nSPS) is 14.7. The van der Waals surface area contributed by atoms with E-state index in [1.54, 1.807) is 35.6 Å². The van der Waals surface area contributed by atoms with Crippen LogP contribution in [0.4, 0.5) is 0 Å². The van der Waals surface area contributed by atoms with Gasteiger partial charge in [0.05, 0.1) is 27.9 Å². The lowest BCUT2D eigenvalue weighted by atomic mass is 9.97. The molecule has 3 aromatic rings. The Morgan fingerprint density at radius 2 is 1.93 bits per heavy atom. The molecular weight excluding hydrogens is 388 g/mol. The molecule has 0 bridgehead atoms. The third-order valence-corrected chi connectivity index (χ3v) is 6.32. The number of carbonyl (C=O) groups excluding carboxylic acids is 2. The van der Waals surface area contributed by atoms with E-state index in [0.717, 1.165) is 23.4 Å². The van der Waals surface area contributed by atoms with E-state index in [0.29, 0.717) is 30.3 Å². The van der Waals surface area contributed by atoms with Gasteiger partial charge in [0, 0.05) is 19.0 Å². The summed E-state index contributed by atoms with van der Waals surface area (Å²) in [5, 5.41) is 1.16. The second-order valence-electron chi connectivity index (χ2n) is 6.98. The van der Waals surface area contributed by atoms with Crippen molar-refractivity contribution in [2.24, 2.45) is 0 Å². The molecule has 1 aliphatic heterocycles. The molecule has 1 aromatic heterocycles. The van der Waals surface area contributed by atoms with Crippen molar-refractivity contribution in [1.29, 1.82) is 0 Å². The summed E-state index contributed by atoms with van der Waals surface area (Å²) in [5.74, 6) is 0.398. The zero-order valence-electron chi connectivity index (χ0n) is 16.2. The Balaban J connectivity index is 1.30. The predicted octanol–water partition coefficient (Wildman–Crippen LogP) is 3.87. The number of para-hydroxylation sites is 1. The van der Waals surface area contributed by atoms with Gasteiger partial charge in [-0.2, -0.15) is 0 Å². The van der Waals surface area contributed by atoms with Crippen LogP contribution in [0.2, 0.25) is 0 Å². The van der Waals surface area contributed by atoms with Gasteiger partial charge >= 0.3 is 5.97 Å². The van der Waals surface area contributed by atoms with E-state index < -0.39 is 5.97 Å². The van der Waals surface area contributed by atoms with Gasteiger partial charge < -0.3 is 14.4 Å². The molecule has 7 heteroatoms. The van der Waals surface area contributed by atoms with E-state index in [4.69, 9.17) is 14.5 Å². The smallest absolute Gasteiger partial charge is 0.337 e. The van der Waals surface area contributed by atoms with Crippen molar-refractivity contribution >= 4 is 33.4 Å². The summed E-state index contributed by atoms with van der Waals surface area (Å²) in [6.07, 6.45) is 1.81. The monoisotopic (exact) mass is 410 g/mol. The number of carbonyl (C=O) groups is 2. The van der Waals surface area contributed by atoms with E-state index in [9.17, 15) is 9.59 Å². The van der Waals surface area contributed by atoms with Crippen molar-refractivity contribution in [3.05, 3.63) is 59.1 Å². The van der Waals surface area contributed by atoms with E-state index >= 15 is 0 Å². The number of likely N-dealkylation sites (tertiary alicyclic amines) is 1. The summed E-state index contributed by atoms with van der Waals surface area (Å²) in [4.78, 5) is 30.7. The first kappa shape index (κ1) is 19.4. The number of piperidine rings is 1. The van der Waals surface area contributed by atoms with Crippen LogP contribution in [0.5, 0.6) is 5.75 Å². The number of aromatic nitrogens is 1. The number of nitrogens with zero attached hydrogens (tertiary/aromatic N) is 2. The molecule has 1 amide bonds. The molecular formula is C22H22N2O4S. The molecule has 1 aliphatic rings. The van der Waals surface area contributed by atoms with Gasteiger partial charge in [-0.25, -0.2) is 9.78 Å². The lowest BCUT2D eigenvalue weighted by Gasteiger charge is -2.31. The van der Waals surface area contributed by atoms with Crippen molar-refractivity contribution in [3.8, 4) is 5.75 Å². The number of amides is 1. The second-order valence-corrected chi connectivity index (χ2v) is 8.05. The third-order valence-electron chi connectivity index (χ3n) is 5.12. The van der Waals surface area contributed by atoms with Gasteiger partial charge in [0.25, 0.3) is 5.91 Å². The summed E-state index contributed by atoms with van der Waals surface area (Å²) in [7, 11) is 1.33. The van der Waals surface area contributed by atoms with Gasteiger partial charge in [-0.05, 0) is 43.2 Å². The number of methoxy groups -OCH3 is 1. The van der Waals surface area contributed by atoms with E-state index in [1.165, 1.54) is 11.8 Å². The third kappa shape index (κ3) is 4.40. The van der Waals surface area contributed by atoms with Gasteiger partial charge in [-0.1, -0.05) is 18.2 Å². The molecule has 0 radical (unpaired) electrons. The number of benzene rings is 2. The largest absolute Gasteiger partial charge is 0.484 e. The summed E-state index contributed by atoms with van der Waals surface area (Å²) in [5.41, 5.74) is 1.45. The molecule has 0 unspecified atom stereocenters. The molecule has 2 heterocycles. The molecule has 0 saturated carbocycles. The highest BCUT2D eigenvalue weighted by molar-refractivity contribution is 7.18. The highest BCUT2D eigenvalue weighted by atomic mass is 32.1. The minimum Gasteiger partial charge on any atom is -0.484 e. The Hall–Kier alpha value is -2.93. The van der Waals surface area contributed by atoms with Crippen molar-refractivity contribution < 1.29 is 19.1 Å². The molecule has 2 aromatic carbocycles. The molecule has 29 heavy (non-hydrogen) atoms. The van der Waals surface area contributed by atoms with Gasteiger partial charge in [0.2, 0.25) is 0 Å². The molecule has 0 aliphatic carbocycles. The maximum atomic E-state index is 12.5. The fourth-order valence-corrected chi connectivity index (χ4v) is 4.64. The highest BCUT2D eigenvalue weighted by Crippen LogP contribution is 2.33. The molecule has 1 saturated heterocycles. The van der Waals surface area contributed by atoms with Gasteiger partial charge in [0.1, 0.15) is 5.75 Å². The Bertz CT molecular complexity index is 991. The number of rotatable bonds is 5. The summed E-state index contributed by atoms with van der Waals surface area (Å²) >= 11 is 1.75. The number of hydrogen-bond acceptors (Lipinski definition) is 6. The van der Waals surface area contributed by atoms with Crippen LogP contribution < -0.4 is 4.74 Å². The van der Waals surface area contributed by atoms with Crippen LogP contribution in [0.1, 0.15) is 34.1 Å². The first-order valence-electron chi connectivity index (χ1n) is 9.58. The van der Waals surface area contributed by atoms with Crippen LogP contribution in [0.15, 0.2) is 48.5 Å². The minimum atomic E-state index is -0.432. The first-order chi connectivity index (χ1) is 14.1. The van der Waals surface area contributed by atoms with E-state index in [1.807, 2.05) is 23.1 Å². The number of esters is 1. The fraction of sp³-hybridized carbons (Fsp3) is 0.318. The van der Waals surface area contributed by atoms with Crippen LogP contribution in [0.3, 0.4) is 0 Å². The lowest BCUT2D eigenvalue weighted by molar-refractivity contribution is -0.134. The maximum Gasteiger partial charge on any atom is 0.337 e. The number of thiazole rings is 1. The van der Waals surface area contributed by atoms with Crippen LogP contribution in [0, 0.1) is 0 Å². The molecule has 1 fully saturated rings. The summed E-state index contributed by atoms with van der Waals surface area (Å²) < 4.78 is 11.5. The van der Waals surface area contributed by atoms with Gasteiger partial charge in [-0.3, -0.25) is 4.79 Å². The predicted molar refractivity (Wildman–Crippen MR) is 111 cm³/mol. The topological polar surface area (TPSA) is 68.7 Å². The average Bonchev–Trinajstić information content (AvgIpc) is 3.21. The van der Waals surface area contributed by atoms with Crippen LogP contribution in [-0.2, 0) is 9.53 Å². The van der Waals surface area contributed by atoms with Crippen molar-refractivity contribution in [3.63, 3.8) is 0 Å². The first-order valence-corrected chi connectivity index (χ1v) is 10.4. The second kappa shape index (κ2) is 8.61. The SMILES string of the molecule is COC(=O)c1cccc(OCC(=O)N2CCC(c3nc4ccccc4s3)CC2)c1. The zero-order chi connectivity index (χ0) is 20.2. The van der Waals surface area contributed by atoms with Crippen LogP contribution in [-0.4, -0.2) is 48.6 Å². The van der Waals surface area contributed by atoms with Crippen molar-refractivity contribution in [2.75, 3.05) is 26.8 Å². The Morgan fingerprint density at radius 3 is 2.69 bits per heavy atom. The average molecular weight is 410 g/mol. The van der Waals surface area contributed by atoms with Gasteiger partial charge in [-0.15, -0.1) is 11.3 Å². The van der Waals surface area contributed by atoms with Crippen LogP contribution >= 0.6 is 11.3 Å². The number of fused-ring (bicyclic) bond motifs is 1. The van der Waals surface area contributed by atoms with Crippen molar-refractivity contribution in [1.82, 2.24) is 9.88 Å². The Labute approximate surface area is 173 Å². The molecule has 4 rings (SSSR count). The van der Waals surface area contributed by atoms with E-state index in [-0.39, 0.29) is 12.5 Å². The summed E-state index contributed by atoms with van der Waals surface area (Å²) in [6.45, 7) is 1.35. The molecule has 150 valence electrons. The van der Waals surface area contributed by atoms with Crippen LogP contribution in [0.25, 0.3) is 10.2 Å². The quantitative estimate of drug-likeness (QED) is 0.598. The number of ether oxygens (including phenoxy) is 2. The van der Waals surface area contributed by atoms with Gasteiger partial charge in [0.15, 0.2) is 6.61 Å². The highest BCUT2D eigenvalue weighted by Gasteiger charge is 2.26. The molecule has 0 spiro atoms. The molecule has 0 atom stereocenters. The fourth-order valence-electron chi connectivity index (χ4n) is 3.51. The lowest BCUT2D eigenvalue weighted by Crippen LogP contribution is -2.40. The molecule has 0 N–H and O–H groups in total. The van der Waals surface area contributed by atoms with Crippen molar-refractivity contribution in [2.45, 2.75) is 18.8 Å². The minimum absolute atomic E-state index is 0.0452. The zero-order valence-corrected chi connectivity index (χ0v) is 17.0. The number of hydrogen-bond donors (Lipinski definition) is 0. The Morgan fingerprint density at radius 1 is 1.14 bits per heavy atom. The Kier molecular flexibility index (Phi) is 5.76. The molecule has 6 nitrogen and oxygen atoms in total. The van der Waals surface area contributed by atoms with E-state index in [2.05, 4.69) is 6.07 Å². The standard InChI is InChI=1S/C22H22N2O4S/c1-27-22(26)16-5-4-6-17(13-16)28-14-20(25)24-11-9-15(10-12-24)21-23-18-7-2-3-8-19(18)29-21/h2-8,13,15H,9-12,14H2,1H3. The summed E-state index contributed by atoms with van der Waals surface area (Å²) in [6, 6.07) is 14.8.